The van der Waals surface area contributed by atoms with Crippen molar-refractivity contribution >= 4 is 23.2 Å². The van der Waals surface area contributed by atoms with Crippen LogP contribution < -0.4 is 0 Å². The number of aromatic nitrogens is 3. The fraction of sp³-hybridized carbons (Fsp3) is 0.111. The Hall–Kier alpha value is -1.10. The van der Waals surface area contributed by atoms with Crippen molar-refractivity contribution in [2.75, 3.05) is 0 Å². The molecule has 0 saturated carbocycles. The second-order valence-corrected chi connectivity index (χ2v) is 3.75. The Morgan fingerprint density at radius 2 is 2.13 bits per heavy atom. The molecule has 1 heterocycles. The molecule has 1 N–H and O–H groups in total. The van der Waals surface area contributed by atoms with Crippen molar-refractivity contribution in [1.29, 1.82) is 0 Å². The van der Waals surface area contributed by atoms with E-state index in [0.717, 1.165) is 0 Å². The van der Waals surface area contributed by atoms with E-state index in [2.05, 4.69) is 10.3 Å². The molecule has 2 aromatic rings. The highest BCUT2D eigenvalue weighted by atomic mass is 35.5. The lowest BCUT2D eigenvalue weighted by Crippen LogP contribution is -1.95. The molecule has 0 bridgehead atoms. The van der Waals surface area contributed by atoms with Gasteiger partial charge in [0, 0.05) is 5.02 Å². The van der Waals surface area contributed by atoms with Crippen LogP contribution in [0.1, 0.15) is 5.69 Å². The maximum absolute atomic E-state index is 8.84. The molecule has 6 heteroatoms. The standard InChI is InChI=1S/C9H7Cl2N3O/c10-6-1-2-9(8(11)3-6)14-4-7(5-15)12-13-14/h1-4,15H,5H2. The first-order chi connectivity index (χ1) is 7.20. The van der Waals surface area contributed by atoms with E-state index in [1.807, 2.05) is 0 Å². The second-order valence-electron chi connectivity index (χ2n) is 2.91. The molecule has 0 atom stereocenters. The third-order valence-electron chi connectivity index (χ3n) is 1.86. The predicted molar refractivity (Wildman–Crippen MR) is 57.3 cm³/mol. The first-order valence-corrected chi connectivity index (χ1v) is 4.94. The zero-order valence-electron chi connectivity index (χ0n) is 7.56. The molecule has 15 heavy (non-hydrogen) atoms. The molecule has 1 aromatic heterocycles. The van der Waals surface area contributed by atoms with Crippen molar-refractivity contribution in [2.45, 2.75) is 6.61 Å². The van der Waals surface area contributed by atoms with Crippen LogP contribution >= 0.6 is 23.2 Å². The molecule has 4 nitrogen and oxygen atoms in total. The van der Waals surface area contributed by atoms with Gasteiger partial charge in [-0.2, -0.15) is 0 Å². The van der Waals surface area contributed by atoms with Crippen molar-refractivity contribution in [3.05, 3.63) is 40.1 Å². The minimum atomic E-state index is -0.148. The molecule has 0 fully saturated rings. The molecular weight excluding hydrogens is 237 g/mol. The van der Waals surface area contributed by atoms with E-state index in [0.29, 0.717) is 21.4 Å². The van der Waals surface area contributed by atoms with Crippen molar-refractivity contribution in [2.24, 2.45) is 0 Å². The summed E-state index contributed by atoms with van der Waals surface area (Å²) in [6.45, 7) is -0.148. The topological polar surface area (TPSA) is 50.9 Å². The van der Waals surface area contributed by atoms with Gasteiger partial charge in [0.05, 0.1) is 23.5 Å². The van der Waals surface area contributed by atoms with E-state index in [1.165, 1.54) is 4.68 Å². The Kier molecular flexibility index (Phi) is 2.90. The highest BCUT2D eigenvalue weighted by Crippen LogP contribution is 2.23. The number of aliphatic hydroxyl groups is 1. The third-order valence-corrected chi connectivity index (χ3v) is 2.40. The van der Waals surface area contributed by atoms with Crippen LogP contribution in [0.5, 0.6) is 0 Å². The van der Waals surface area contributed by atoms with Gasteiger partial charge in [-0.25, -0.2) is 4.68 Å². The first-order valence-electron chi connectivity index (χ1n) is 4.18. The smallest absolute Gasteiger partial charge is 0.109 e. The summed E-state index contributed by atoms with van der Waals surface area (Å²) in [4.78, 5) is 0. The van der Waals surface area contributed by atoms with Crippen LogP contribution in [0.3, 0.4) is 0 Å². The fourth-order valence-corrected chi connectivity index (χ4v) is 1.65. The molecule has 0 radical (unpaired) electrons. The summed E-state index contributed by atoms with van der Waals surface area (Å²) >= 11 is 11.7. The zero-order chi connectivity index (χ0) is 10.8. The van der Waals surface area contributed by atoms with Gasteiger partial charge in [-0.3, -0.25) is 0 Å². The number of benzene rings is 1. The van der Waals surface area contributed by atoms with Crippen LogP contribution in [0.4, 0.5) is 0 Å². The molecule has 2 rings (SSSR count). The van der Waals surface area contributed by atoms with E-state index in [-0.39, 0.29) is 6.61 Å². The average Bonchev–Trinajstić information content (AvgIpc) is 2.66. The summed E-state index contributed by atoms with van der Waals surface area (Å²) in [5, 5.41) is 17.5. The van der Waals surface area contributed by atoms with Gasteiger partial charge in [-0.15, -0.1) is 5.10 Å². The lowest BCUT2D eigenvalue weighted by molar-refractivity contribution is 0.276. The van der Waals surface area contributed by atoms with Crippen molar-refractivity contribution in [1.82, 2.24) is 15.0 Å². The number of aliphatic hydroxyl groups excluding tert-OH is 1. The maximum Gasteiger partial charge on any atom is 0.109 e. The first kappa shape index (κ1) is 10.4. The largest absolute Gasteiger partial charge is 0.390 e. The third kappa shape index (κ3) is 2.12. The summed E-state index contributed by atoms with van der Waals surface area (Å²) in [7, 11) is 0. The molecule has 0 saturated heterocycles. The van der Waals surface area contributed by atoms with Gasteiger partial charge in [0.2, 0.25) is 0 Å². The Morgan fingerprint density at radius 1 is 1.33 bits per heavy atom. The van der Waals surface area contributed by atoms with E-state index >= 15 is 0 Å². The lowest BCUT2D eigenvalue weighted by Gasteiger charge is -2.02. The highest BCUT2D eigenvalue weighted by Gasteiger charge is 2.06. The summed E-state index contributed by atoms with van der Waals surface area (Å²) in [5.74, 6) is 0. The van der Waals surface area contributed by atoms with Gasteiger partial charge >= 0.3 is 0 Å². The van der Waals surface area contributed by atoms with Crippen molar-refractivity contribution in [3.8, 4) is 5.69 Å². The van der Waals surface area contributed by atoms with Gasteiger partial charge in [0.25, 0.3) is 0 Å². The molecule has 0 aliphatic heterocycles. The number of rotatable bonds is 2. The number of hydrogen-bond acceptors (Lipinski definition) is 3. The maximum atomic E-state index is 8.84. The molecule has 0 aliphatic carbocycles. The average molecular weight is 244 g/mol. The Balaban J connectivity index is 2.44. The van der Waals surface area contributed by atoms with Crippen molar-refractivity contribution < 1.29 is 5.11 Å². The van der Waals surface area contributed by atoms with E-state index in [9.17, 15) is 0 Å². The predicted octanol–water partition coefficient (Wildman–Crippen LogP) is 2.07. The van der Waals surface area contributed by atoms with Gasteiger partial charge in [0.15, 0.2) is 0 Å². The van der Waals surface area contributed by atoms with Gasteiger partial charge in [0.1, 0.15) is 5.69 Å². The van der Waals surface area contributed by atoms with Gasteiger partial charge in [-0.1, -0.05) is 28.4 Å². The quantitative estimate of drug-likeness (QED) is 0.879. The molecule has 0 spiro atoms. The van der Waals surface area contributed by atoms with Crippen molar-refractivity contribution in [3.63, 3.8) is 0 Å². The molecular formula is C9H7Cl2N3O. The Labute approximate surface area is 96.0 Å². The summed E-state index contributed by atoms with van der Waals surface area (Å²) in [6.07, 6.45) is 1.61. The van der Waals surface area contributed by atoms with Crippen LogP contribution in [0.15, 0.2) is 24.4 Å². The minimum absolute atomic E-state index is 0.148. The fourth-order valence-electron chi connectivity index (χ4n) is 1.16. The normalized spacial score (nSPS) is 10.6. The Bertz CT molecular complexity index is 484. The lowest BCUT2D eigenvalue weighted by atomic mass is 10.3. The number of nitrogens with zero attached hydrogens (tertiary/aromatic N) is 3. The van der Waals surface area contributed by atoms with Gasteiger partial charge in [-0.05, 0) is 18.2 Å². The van der Waals surface area contributed by atoms with Crippen LogP contribution in [-0.2, 0) is 6.61 Å². The van der Waals surface area contributed by atoms with Crippen LogP contribution in [0, 0.1) is 0 Å². The van der Waals surface area contributed by atoms with Crippen LogP contribution in [0.25, 0.3) is 5.69 Å². The molecule has 0 amide bonds. The molecule has 78 valence electrons. The molecule has 1 aromatic carbocycles. The molecule has 0 aliphatic rings. The summed E-state index contributed by atoms with van der Waals surface area (Å²) < 4.78 is 1.49. The second kappa shape index (κ2) is 4.18. The Morgan fingerprint density at radius 3 is 2.73 bits per heavy atom. The number of halogens is 2. The SMILES string of the molecule is OCc1cn(-c2ccc(Cl)cc2Cl)nn1. The van der Waals surface area contributed by atoms with E-state index < -0.39 is 0 Å². The van der Waals surface area contributed by atoms with E-state index in [1.54, 1.807) is 24.4 Å². The summed E-state index contributed by atoms with van der Waals surface area (Å²) in [5.41, 5.74) is 1.16. The van der Waals surface area contributed by atoms with Crippen LogP contribution in [0.2, 0.25) is 10.0 Å². The van der Waals surface area contributed by atoms with Gasteiger partial charge < -0.3 is 5.11 Å². The summed E-state index contributed by atoms with van der Waals surface area (Å²) in [6, 6.07) is 5.07. The van der Waals surface area contributed by atoms with E-state index in [4.69, 9.17) is 28.3 Å². The van der Waals surface area contributed by atoms with Crippen LogP contribution in [-0.4, -0.2) is 20.1 Å². The molecule has 0 unspecified atom stereocenters. The minimum Gasteiger partial charge on any atom is -0.390 e. The monoisotopic (exact) mass is 243 g/mol. The zero-order valence-corrected chi connectivity index (χ0v) is 9.07. The highest BCUT2D eigenvalue weighted by molar-refractivity contribution is 6.35. The number of hydrogen-bond donors (Lipinski definition) is 1.